The maximum absolute atomic E-state index is 11.7. The van der Waals surface area contributed by atoms with Crippen molar-refractivity contribution in [3.8, 4) is 0 Å². The average molecular weight is 325 g/mol. The second-order valence-electron chi connectivity index (χ2n) is 7.35. The van der Waals surface area contributed by atoms with E-state index < -0.39 is 0 Å². The van der Waals surface area contributed by atoms with Gasteiger partial charge in [-0.05, 0) is 46.1 Å². The quantitative estimate of drug-likeness (QED) is 0.752. The fourth-order valence-corrected chi connectivity index (χ4v) is 3.26. The van der Waals surface area contributed by atoms with Gasteiger partial charge in [0, 0.05) is 12.4 Å². The molecule has 0 fully saturated rings. The molecule has 1 aromatic heterocycles. The molecule has 0 saturated heterocycles. The number of carbonyl (C=O) groups is 1. The minimum atomic E-state index is -0.167. The highest BCUT2D eigenvalue weighted by atomic mass is 16.5. The van der Waals surface area contributed by atoms with Crippen LogP contribution in [0.5, 0.6) is 0 Å². The van der Waals surface area contributed by atoms with Crippen LogP contribution in [-0.2, 0) is 21.4 Å². The third kappa shape index (κ3) is 4.44. The number of aromatic nitrogens is 1. The van der Waals surface area contributed by atoms with E-state index in [4.69, 9.17) is 4.74 Å². The standard InChI is InChI=1S/C21H27NO2/c1-15(12-19(23)24-5)18-10-6-9-17(20(18)21(2,3)4)13-16-8-7-11-22-14-16/h6-11,14-15H,12-13H2,1-5H3. The van der Waals surface area contributed by atoms with Crippen LogP contribution in [0, 0.1) is 0 Å². The van der Waals surface area contributed by atoms with Gasteiger partial charge in [0.15, 0.2) is 0 Å². The number of hydrogen-bond acceptors (Lipinski definition) is 3. The highest BCUT2D eigenvalue weighted by molar-refractivity contribution is 5.70. The SMILES string of the molecule is COC(=O)CC(C)c1cccc(Cc2cccnc2)c1C(C)(C)C. The molecule has 0 aliphatic carbocycles. The van der Waals surface area contributed by atoms with E-state index in [1.54, 1.807) is 6.20 Å². The number of nitrogens with zero attached hydrogens (tertiary/aromatic N) is 1. The molecule has 0 N–H and O–H groups in total. The van der Waals surface area contributed by atoms with Gasteiger partial charge < -0.3 is 4.74 Å². The van der Waals surface area contributed by atoms with E-state index in [1.807, 2.05) is 12.3 Å². The molecule has 0 saturated carbocycles. The zero-order chi connectivity index (χ0) is 17.7. The van der Waals surface area contributed by atoms with Gasteiger partial charge in [-0.3, -0.25) is 9.78 Å². The van der Waals surface area contributed by atoms with E-state index in [1.165, 1.54) is 29.4 Å². The van der Waals surface area contributed by atoms with Crippen molar-refractivity contribution in [1.29, 1.82) is 0 Å². The molecule has 2 aromatic rings. The summed E-state index contributed by atoms with van der Waals surface area (Å²) in [6.07, 6.45) is 4.95. The van der Waals surface area contributed by atoms with E-state index in [-0.39, 0.29) is 17.3 Å². The average Bonchev–Trinajstić information content (AvgIpc) is 2.54. The van der Waals surface area contributed by atoms with Gasteiger partial charge in [0.2, 0.25) is 0 Å². The van der Waals surface area contributed by atoms with Gasteiger partial charge in [-0.2, -0.15) is 0 Å². The fraction of sp³-hybridized carbons (Fsp3) is 0.429. The van der Waals surface area contributed by atoms with Crippen molar-refractivity contribution in [1.82, 2.24) is 4.98 Å². The van der Waals surface area contributed by atoms with Crippen molar-refractivity contribution in [2.24, 2.45) is 0 Å². The lowest BCUT2D eigenvalue weighted by atomic mass is 9.76. The lowest BCUT2D eigenvalue weighted by Crippen LogP contribution is -2.20. The maximum Gasteiger partial charge on any atom is 0.306 e. The second-order valence-corrected chi connectivity index (χ2v) is 7.35. The van der Waals surface area contributed by atoms with E-state index in [0.29, 0.717) is 6.42 Å². The van der Waals surface area contributed by atoms with Crippen molar-refractivity contribution >= 4 is 5.97 Å². The predicted molar refractivity (Wildman–Crippen MR) is 97.2 cm³/mol. The number of esters is 1. The van der Waals surface area contributed by atoms with Crippen LogP contribution >= 0.6 is 0 Å². The summed E-state index contributed by atoms with van der Waals surface area (Å²) in [6.45, 7) is 8.77. The van der Waals surface area contributed by atoms with Crippen LogP contribution in [-0.4, -0.2) is 18.1 Å². The van der Waals surface area contributed by atoms with Crippen LogP contribution in [0.2, 0.25) is 0 Å². The number of methoxy groups -OCH3 is 1. The molecule has 0 radical (unpaired) electrons. The minimum Gasteiger partial charge on any atom is -0.469 e. The van der Waals surface area contributed by atoms with Gasteiger partial charge in [-0.25, -0.2) is 0 Å². The number of benzene rings is 1. The topological polar surface area (TPSA) is 39.2 Å². The van der Waals surface area contributed by atoms with Crippen LogP contribution < -0.4 is 0 Å². The van der Waals surface area contributed by atoms with E-state index in [9.17, 15) is 4.79 Å². The Morgan fingerprint density at radius 2 is 1.96 bits per heavy atom. The third-order valence-corrected chi connectivity index (χ3v) is 4.28. The molecule has 1 heterocycles. The summed E-state index contributed by atoms with van der Waals surface area (Å²) in [4.78, 5) is 15.9. The van der Waals surface area contributed by atoms with Crippen molar-refractivity contribution in [2.45, 2.75) is 51.9 Å². The molecule has 3 nitrogen and oxygen atoms in total. The number of hydrogen-bond donors (Lipinski definition) is 0. The molecule has 3 heteroatoms. The molecule has 128 valence electrons. The largest absolute Gasteiger partial charge is 0.469 e. The maximum atomic E-state index is 11.7. The van der Waals surface area contributed by atoms with Gasteiger partial charge in [-0.1, -0.05) is 52.0 Å². The van der Waals surface area contributed by atoms with Crippen LogP contribution in [0.4, 0.5) is 0 Å². The number of carbonyl (C=O) groups excluding carboxylic acids is 1. The molecular weight excluding hydrogens is 298 g/mol. The Hall–Kier alpha value is -2.16. The Bertz CT molecular complexity index is 687. The molecule has 0 aliphatic heterocycles. The van der Waals surface area contributed by atoms with Crippen LogP contribution in [0.3, 0.4) is 0 Å². The predicted octanol–water partition coefficient (Wildman–Crippen LogP) is 4.64. The van der Waals surface area contributed by atoms with Gasteiger partial charge in [0.05, 0.1) is 13.5 Å². The Kier molecular flexibility index (Phi) is 5.76. The molecule has 0 aliphatic rings. The first kappa shape index (κ1) is 18.2. The van der Waals surface area contributed by atoms with Gasteiger partial charge in [0.25, 0.3) is 0 Å². The molecule has 0 amide bonds. The number of pyridine rings is 1. The summed E-state index contributed by atoms with van der Waals surface area (Å²) in [7, 11) is 1.44. The summed E-state index contributed by atoms with van der Waals surface area (Å²) in [6, 6.07) is 10.5. The molecule has 2 rings (SSSR count). The summed E-state index contributed by atoms with van der Waals surface area (Å²) >= 11 is 0. The highest BCUT2D eigenvalue weighted by Gasteiger charge is 2.25. The van der Waals surface area contributed by atoms with Crippen molar-refractivity contribution in [3.05, 3.63) is 65.0 Å². The van der Waals surface area contributed by atoms with Crippen LogP contribution in [0.15, 0.2) is 42.7 Å². The van der Waals surface area contributed by atoms with E-state index in [2.05, 4.69) is 56.9 Å². The monoisotopic (exact) mass is 325 g/mol. The molecule has 0 bridgehead atoms. The summed E-state index contributed by atoms with van der Waals surface area (Å²) in [5, 5.41) is 0. The van der Waals surface area contributed by atoms with Crippen molar-refractivity contribution < 1.29 is 9.53 Å². The molecule has 24 heavy (non-hydrogen) atoms. The van der Waals surface area contributed by atoms with Gasteiger partial charge >= 0.3 is 5.97 Å². The Morgan fingerprint density at radius 1 is 1.21 bits per heavy atom. The molecule has 0 spiro atoms. The van der Waals surface area contributed by atoms with Crippen LogP contribution in [0.25, 0.3) is 0 Å². The molecule has 1 aromatic carbocycles. The third-order valence-electron chi connectivity index (χ3n) is 4.28. The Morgan fingerprint density at radius 3 is 2.54 bits per heavy atom. The lowest BCUT2D eigenvalue weighted by molar-refractivity contribution is -0.140. The number of rotatable bonds is 5. The summed E-state index contributed by atoms with van der Waals surface area (Å²) in [5.74, 6) is -0.0412. The summed E-state index contributed by atoms with van der Waals surface area (Å²) < 4.78 is 4.85. The highest BCUT2D eigenvalue weighted by Crippen LogP contribution is 2.35. The lowest BCUT2D eigenvalue weighted by Gasteiger charge is -2.29. The summed E-state index contributed by atoms with van der Waals surface area (Å²) in [5.41, 5.74) is 5.04. The Labute approximate surface area is 145 Å². The first-order valence-electron chi connectivity index (χ1n) is 8.41. The normalized spacial score (nSPS) is 12.7. The first-order valence-corrected chi connectivity index (χ1v) is 8.41. The number of ether oxygens (including phenoxy) is 1. The van der Waals surface area contributed by atoms with Gasteiger partial charge in [-0.15, -0.1) is 0 Å². The van der Waals surface area contributed by atoms with E-state index >= 15 is 0 Å². The minimum absolute atomic E-state index is 0.00147. The zero-order valence-corrected chi connectivity index (χ0v) is 15.3. The molecule has 1 unspecified atom stereocenters. The molecular formula is C21H27NO2. The first-order chi connectivity index (χ1) is 11.3. The van der Waals surface area contributed by atoms with Crippen molar-refractivity contribution in [3.63, 3.8) is 0 Å². The fourth-order valence-electron chi connectivity index (χ4n) is 3.26. The van der Waals surface area contributed by atoms with Gasteiger partial charge in [0.1, 0.15) is 0 Å². The van der Waals surface area contributed by atoms with E-state index in [0.717, 1.165) is 6.42 Å². The zero-order valence-electron chi connectivity index (χ0n) is 15.3. The van der Waals surface area contributed by atoms with Crippen LogP contribution in [0.1, 0.15) is 62.3 Å². The second kappa shape index (κ2) is 7.61. The van der Waals surface area contributed by atoms with Crippen molar-refractivity contribution in [2.75, 3.05) is 7.11 Å². The smallest absolute Gasteiger partial charge is 0.306 e. The molecule has 1 atom stereocenters. The Balaban J connectivity index is 2.45.